The Morgan fingerprint density at radius 3 is 2.70 bits per heavy atom. The summed E-state index contributed by atoms with van der Waals surface area (Å²) in [4.78, 5) is 23.5. The van der Waals surface area contributed by atoms with Crippen molar-refractivity contribution in [3.63, 3.8) is 0 Å². The van der Waals surface area contributed by atoms with Crippen molar-refractivity contribution < 1.29 is 19.4 Å². The Kier molecular flexibility index (Phi) is 6.08. The van der Waals surface area contributed by atoms with Crippen molar-refractivity contribution in [1.82, 2.24) is 0 Å². The first kappa shape index (κ1) is 18.3. The van der Waals surface area contributed by atoms with E-state index in [9.17, 15) is 9.59 Å². The second-order valence-corrected chi connectivity index (χ2v) is 7.38. The third-order valence-electron chi connectivity index (χ3n) is 3.09. The number of fused-ring (bicyclic) bond motifs is 1. The minimum absolute atomic E-state index is 0.0572. The molecule has 4 nitrogen and oxygen atoms in total. The molecule has 1 unspecified atom stereocenters. The predicted molar refractivity (Wildman–Crippen MR) is 95.9 cm³/mol. The van der Waals surface area contributed by atoms with Crippen LogP contribution in [0.1, 0.15) is 15.9 Å². The van der Waals surface area contributed by atoms with E-state index < -0.39 is 12.1 Å². The van der Waals surface area contributed by atoms with E-state index in [1.54, 1.807) is 11.5 Å². The van der Waals surface area contributed by atoms with E-state index in [-0.39, 0.29) is 33.6 Å². The Labute approximate surface area is 151 Å². The Morgan fingerprint density at radius 1 is 1.43 bits per heavy atom. The zero-order valence-electron chi connectivity index (χ0n) is 12.0. The van der Waals surface area contributed by atoms with E-state index in [4.69, 9.17) is 33.0 Å². The van der Waals surface area contributed by atoms with Gasteiger partial charge in [-0.15, -0.1) is 11.8 Å². The summed E-state index contributed by atoms with van der Waals surface area (Å²) < 4.78 is 6.05. The highest BCUT2D eigenvalue weighted by Crippen LogP contribution is 2.43. The second-order valence-electron chi connectivity index (χ2n) is 4.51. The van der Waals surface area contributed by atoms with Gasteiger partial charge in [-0.25, -0.2) is 4.79 Å². The zero-order chi connectivity index (χ0) is 17.1. The fraction of sp³-hybridized carbons (Fsp3) is 0.200. The lowest BCUT2D eigenvalue weighted by molar-refractivity contribution is -0.144. The van der Waals surface area contributed by atoms with Crippen LogP contribution >= 0.6 is 46.7 Å². The van der Waals surface area contributed by atoms with Crippen molar-refractivity contribution in [2.75, 3.05) is 6.26 Å². The van der Waals surface area contributed by atoms with Crippen molar-refractivity contribution in [3.8, 4) is 5.75 Å². The minimum atomic E-state index is -1.09. The highest BCUT2D eigenvalue weighted by molar-refractivity contribution is 8.23. The first-order valence-electron chi connectivity index (χ1n) is 6.37. The van der Waals surface area contributed by atoms with Gasteiger partial charge in [-0.1, -0.05) is 41.5 Å². The number of ether oxygens (including phenoxy) is 1. The van der Waals surface area contributed by atoms with E-state index in [2.05, 4.69) is 6.58 Å². The Morgan fingerprint density at radius 2 is 2.13 bits per heavy atom. The molecule has 0 radical (unpaired) electrons. The number of carbonyl (C=O) groups is 2. The summed E-state index contributed by atoms with van der Waals surface area (Å²) in [5.41, 5.74) is 0.784. The summed E-state index contributed by atoms with van der Waals surface area (Å²) in [5, 5.41) is 10.8. The van der Waals surface area contributed by atoms with Gasteiger partial charge in [0.25, 0.3) is 0 Å². The van der Waals surface area contributed by atoms with E-state index >= 15 is 0 Å². The molecule has 0 aromatic heterocycles. The van der Waals surface area contributed by atoms with Crippen LogP contribution in [0.5, 0.6) is 5.75 Å². The van der Waals surface area contributed by atoms with Gasteiger partial charge in [0.15, 0.2) is 11.9 Å². The van der Waals surface area contributed by atoms with E-state index in [1.807, 2.05) is 6.26 Å². The molecule has 1 aromatic rings. The van der Waals surface area contributed by atoms with Crippen molar-refractivity contribution in [2.24, 2.45) is 0 Å². The van der Waals surface area contributed by atoms with Crippen molar-refractivity contribution >= 4 is 58.5 Å². The molecule has 0 amide bonds. The number of carboxylic acid groups (broad SMARTS) is 1. The summed E-state index contributed by atoms with van der Waals surface area (Å²) in [6, 6.07) is 1.54. The molecule has 1 aromatic carbocycles. The van der Waals surface area contributed by atoms with Gasteiger partial charge in [0, 0.05) is 27.9 Å². The molecule has 0 fully saturated rings. The van der Waals surface area contributed by atoms with E-state index in [0.29, 0.717) is 5.56 Å². The van der Waals surface area contributed by atoms with Gasteiger partial charge < -0.3 is 9.84 Å². The Balaban J connectivity index is 2.41. The number of thioether (sulfide) groups is 2. The number of aliphatic carboxylic acids is 1. The number of ketones is 1. The summed E-state index contributed by atoms with van der Waals surface area (Å²) in [6.45, 7) is 3.61. The minimum Gasteiger partial charge on any atom is -0.478 e. The molecule has 1 N–H and O–H groups in total. The van der Waals surface area contributed by atoms with Crippen molar-refractivity contribution in [3.05, 3.63) is 49.5 Å². The van der Waals surface area contributed by atoms with Crippen LogP contribution in [0.2, 0.25) is 10.0 Å². The molecule has 1 aliphatic heterocycles. The van der Waals surface area contributed by atoms with Crippen molar-refractivity contribution in [2.45, 2.75) is 12.5 Å². The smallest absolute Gasteiger partial charge is 0.345 e. The quantitative estimate of drug-likeness (QED) is 0.563. The van der Waals surface area contributed by atoms with Gasteiger partial charge in [0.2, 0.25) is 0 Å². The van der Waals surface area contributed by atoms with Gasteiger partial charge >= 0.3 is 5.97 Å². The lowest BCUT2D eigenvalue weighted by Crippen LogP contribution is -2.24. The zero-order valence-corrected chi connectivity index (χ0v) is 15.1. The lowest BCUT2D eigenvalue weighted by atomic mass is 10.0. The Bertz CT molecular complexity index is 716. The van der Waals surface area contributed by atoms with Gasteiger partial charge in [-0.3, -0.25) is 4.79 Å². The number of benzene rings is 1. The molecule has 23 heavy (non-hydrogen) atoms. The normalized spacial score (nSPS) is 16.7. The topological polar surface area (TPSA) is 63.6 Å². The van der Waals surface area contributed by atoms with E-state index in [1.165, 1.54) is 29.6 Å². The maximum absolute atomic E-state index is 12.4. The maximum Gasteiger partial charge on any atom is 0.345 e. The van der Waals surface area contributed by atoms with Gasteiger partial charge in [0.05, 0.1) is 5.02 Å². The molecule has 0 saturated carbocycles. The van der Waals surface area contributed by atoms with Crippen molar-refractivity contribution in [1.29, 1.82) is 0 Å². The van der Waals surface area contributed by atoms with Gasteiger partial charge in [-0.05, 0) is 17.7 Å². The maximum atomic E-state index is 12.4. The predicted octanol–water partition coefficient (Wildman–Crippen LogP) is 4.65. The highest BCUT2D eigenvalue weighted by atomic mass is 35.5. The van der Waals surface area contributed by atoms with Gasteiger partial charge in [-0.2, -0.15) is 0 Å². The molecule has 0 saturated heterocycles. The van der Waals surface area contributed by atoms with Crippen LogP contribution in [0.3, 0.4) is 0 Å². The summed E-state index contributed by atoms with van der Waals surface area (Å²) in [7, 11) is 0. The fourth-order valence-corrected chi connectivity index (χ4v) is 3.70. The average Bonchev–Trinajstić information content (AvgIpc) is 2.94. The first-order chi connectivity index (χ1) is 10.9. The molecule has 1 atom stereocenters. The van der Waals surface area contributed by atoms with Crippen LogP contribution in [-0.2, 0) is 11.2 Å². The van der Waals surface area contributed by atoms with Gasteiger partial charge in [0.1, 0.15) is 10.8 Å². The third kappa shape index (κ3) is 3.88. The molecule has 0 aliphatic carbocycles. The summed E-state index contributed by atoms with van der Waals surface area (Å²) in [5.74, 6) is -1.17. The number of hydrogen-bond acceptors (Lipinski definition) is 5. The Hall–Kier alpha value is -1.08. The van der Waals surface area contributed by atoms with Crippen LogP contribution in [0.15, 0.2) is 28.4 Å². The lowest BCUT2D eigenvalue weighted by Gasteiger charge is -2.09. The van der Waals surface area contributed by atoms with Crippen LogP contribution in [-0.4, -0.2) is 29.2 Å². The number of allylic oxidation sites excluding steroid dienone is 1. The van der Waals surface area contributed by atoms with E-state index in [0.717, 1.165) is 4.24 Å². The molecule has 2 rings (SSSR count). The SMILES string of the molecule is C=CSC(=CC(=O)c1cc2c(c(Cl)c1Cl)OC(C(=O)O)C2)SC. The number of carboxylic acids is 1. The number of halogens is 2. The molecule has 1 heterocycles. The average molecular weight is 391 g/mol. The fourth-order valence-electron chi connectivity index (χ4n) is 2.05. The molecular formula is C15H12Cl2O4S2. The van der Waals surface area contributed by atoms with Crippen LogP contribution in [0.4, 0.5) is 0 Å². The molecule has 1 aliphatic rings. The highest BCUT2D eigenvalue weighted by Gasteiger charge is 2.33. The standard InChI is InChI=1S/C15H12Cl2O4S2/c1-3-23-11(22-2)6-9(18)8-4-7-5-10(15(19)20)21-14(7)13(17)12(8)16/h3-4,6,10H,1,5H2,2H3,(H,19,20). The molecule has 0 bridgehead atoms. The number of rotatable bonds is 6. The van der Waals surface area contributed by atoms with Crippen LogP contribution in [0, 0.1) is 0 Å². The van der Waals surface area contributed by atoms with Crippen LogP contribution in [0.25, 0.3) is 0 Å². The third-order valence-corrected chi connectivity index (χ3v) is 5.77. The monoisotopic (exact) mass is 390 g/mol. The molecule has 122 valence electrons. The second kappa shape index (κ2) is 7.66. The molecular weight excluding hydrogens is 379 g/mol. The first-order valence-corrected chi connectivity index (χ1v) is 9.23. The molecule has 0 spiro atoms. The molecule has 8 heteroatoms. The largest absolute Gasteiger partial charge is 0.478 e. The summed E-state index contributed by atoms with van der Waals surface area (Å²) >= 11 is 15.0. The van der Waals surface area contributed by atoms with Crippen LogP contribution < -0.4 is 4.74 Å². The summed E-state index contributed by atoms with van der Waals surface area (Å²) in [6.07, 6.45) is 2.42. The number of hydrogen-bond donors (Lipinski definition) is 1. The number of carbonyl (C=O) groups excluding carboxylic acids is 1.